The summed E-state index contributed by atoms with van der Waals surface area (Å²) in [7, 11) is 1.99. The first-order valence-electron chi connectivity index (χ1n) is 7.76. The Morgan fingerprint density at radius 1 is 1.17 bits per heavy atom. The maximum Gasteiger partial charge on any atom is 0.269 e. The van der Waals surface area contributed by atoms with Crippen molar-refractivity contribution in [1.29, 1.82) is 0 Å². The van der Waals surface area contributed by atoms with E-state index in [1.54, 1.807) is 0 Å². The van der Waals surface area contributed by atoms with Crippen molar-refractivity contribution in [1.82, 2.24) is 4.57 Å². The Hall–Kier alpha value is -3.02. The predicted octanol–water partition coefficient (Wildman–Crippen LogP) is 2.82. The van der Waals surface area contributed by atoms with Crippen LogP contribution in [-0.4, -0.2) is 15.3 Å². The number of carbonyl (C=O) groups is 1. The summed E-state index contributed by atoms with van der Waals surface area (Å²) in [4.78, 5) is 22.9. The summed E-state index contributed by atoms with van der Waals surface area (Å²) in [5.41, 5.74) is 2.54. The molecule has 3 rings (SSSR count). The van der Waals surface area contributed by atoms with Crippen LogP contribution in [0.4, 0.5) is 5.69 Å². The van der Waals surface area contributed by atoms with Gasteiger partial charge in [0.1, 0.15) is 0 Å². The van der Waals surface area contributed by atoms with E-state index in [1.807, 2.05) is 35.9 Å². The molecular weight excluding hydrogens is 306 g/mol. The van der Waals surface area contributed by atoms with E-state index in [4.69, 9.17) is 0 Å². The van der Waals surface area contributed by atoms with E-state index in [2.05, 4.69) is 11.5 Å². The van der Waals surface area contributed by atoms with Crippen LogP contribution in [0.5, 0.6) is 0 Å². The highest BCUT2D eigenvalue weighted by molar-refractivity contribution is 5.96. The topological polar surface area (TPSA) is 69.0 Å². The number of hydrogen-bond donors (Lipinski definition) is 0. The van der Waals surface area contributed by atoms with Crippen LogP contribution in [0.3, 0.4) is 0 Å². The minimum atomic E-state index is -0.469. The predicted molar refractivity (Wildman–Crippen MR) is 89.9 cm³/mol. The molecule has 0 spiro atoms. The molecule has 2 aromatic carbocycles. The summed E-state index contributed by atoms with van der Waals surface area (Å²) in [6.07, 6.45) is 0.804. The summed E-state index contributed by atoms with van der Waals surface area (Å²) in [5, 5.41) is 10.7. The van der Waals surface area contributed by atoms with Gasteiger partial charge in [0.05, 0.1) is 12.0 Å². The number of nitro groups is 1. The minimum absolute atomic E-state index is 0.0152. The number of aryl methyl sites for hydroxylation is 1. The summed E-state index contributed by atoms with van der Waals surface area (Å²) in [6, 6.07) is 13.7. The van der Waals surface area contributed by atoms with Crippen LogP contribution in [-0.2, 0) is 20.0 Å². The second-order valence-corrected chi connectivity index (χ2v) is 5.63. The van der Waals surface area contributed by atoms with E-state index in [0.29, 0.717) is 5.56 Å². The Morgan fingerprint density at radius 2 is 1.83 bits per heavy atom. The molecule has 0 N–H and O–H groups in total. The van der Waals surface area contributed by atoms with Crippen LogP contribution in [0.25, 0.3) is 11.0 Å². The number of nitrogens with zero attached hydrogens (tertiary/aromatic N) is 3. The van der Waals surface area contributed by atoms with E-state index in [9.17, 15) is 14.9 Å². The maximum absolute atomic E-state index is 12.6. The van der Waals surface area contributed by atoms with E-state index in [-0.39, 0.29) is 18.0 Å². The van der Waals surface area contributed by atoms with Gasteiger partial charge in [-0.3, -0.25) is 14.9 Å². The number of ketones is 1. The molecule has 0 saturated carbocycles. The van der Waals surface area contributed by atoms with E-state index in [1.165, 1.54) is 24.3 Å². The van der Waals surface area contributed by atoms with Gasteiger partial charge in [-0.1, -0.05) is 19.1 Å². The Labute approximate surface area is 139 Å². The Balaban J connectivity index is 1.97. The molecule has 0 aliphatic heterocycles. The van der Waals surface area contributed by atoms with Crippen molar-refractivity contribution < 1.29 is 14.3 Å². The number of imidazole rings is 1. The van der Waals surface area contributed by atoms with Gasteiger partial charge in [0, 0.05) is 24.1 Å². The number of carbonyl (C=O) groups excluding carboxylic acids is 1. The van der Waals surface area contributed by atoms with Gasteiger partial charge in [-0.25, -0.2) is 9.13 Å². The van der Waals surface area contributed by atoms with Crippen molar-refractivity contribution in [2.75, 3.05) is 0 Å². The molecule has 3 aromatic rings. The van der Waals surface area contributed by atoms with Crippen molar-refractivity contribution in [3.63, 3.8) is 0 Å². The van der Waals surface area contributed by atoms with Gasteiger partial charge in [0.25, 0.3) is 11.5 Å². The Kier molecular flexibility index (Phi) is 4.12. The molecule has 1 heterocycles. The quantitative estimate of drug-likeness (QED) is 0.314. The number of hydrogen-bond acceptors (Lipinski definition) is 3. The minimum Gasteiger partial charge on any atom is -0.290 e. The third-order valence-corrected chi connectivity index (χ3v) is 4.25. The van der Waals surface area contributed by atoms with Crippen LogP contribution in [0, 0.1) is 10.1 Å². The van der Waals surface area contributed by atoms with Gasteiger partial charge >= 0.3 is 0 Å². The second kappa shape index (κ2) is 6.23. The van der Waals surface area contributed by atoms with Crippen molar-refractivity contribution in [3.05, 3.63) is 70.0 Å². The Bertz CT molecular complexity index is 927. The number of para-hydroxylation sites is 2. The van der Waals surface area contributed by atoms with Crippen LogP contribution in [0.15, 0.2) is 48.5 Å². The highest BCUT2D eigenvalue weighted by Gasteiger charge is 2.23. The Morgan fingerprint density at radius 3 is 2.46 bits per heavy atom. The molecule has 0 atom stereocenters. The third-order valence-electron chi connectivity index (χ3n) is 4.25. The standard InChI is InChI=1S/C18H18N3O3/c1-3-18-19(2)15-6-4-5-7-16(15)20(18)12-17(22)13-8-10-14(11-9-13)21(23)24/h4-11H,3,12H2,1-2H3/q+1. The fourth-order valence-electron chi connectivity index (χ4n) is 3.04. The molecule has 0 amide bonds. The molecule has 0 aliphatic rings. The fourth-order valence-corrected chi connectivity index (χ4v) is 3.04. The summed E-state index contributed by atoms with van der Waals surface area (Å²) >= 11 is 0. The largest absolute Gasteiger partial charge is 0.290 e. The maximum atomic E-state index is 12.6. The summed E-state index contributed by atoms with van der Waals surface area (Å²) in [6.45, 7) is 2.27. The molecule has 0 fully saturated rings. The molecule has 0 saturated heterocycles. The molecule has 122 valence electrons. The lowest BCUT2D eigenvalue weighted by atomic mass is 10.1. The zero-order chi connectivity index (χ0) is 17.3. The lowest BCUT2D eigenvalue weighted by Gasteiger charge is -2.02. The van der Waals surface area contributed by atoms with Crippen LogP contribution < -0.4 is 4.57 Å². The van der Waals surface area contributed by atoms with E-state index < -0.39 is 4.92 Å². The van der Waals surface area contributed by atoms with E-state index in [0.717, 1.165) is 23.3 Å². The van der Waals surface area contributed by atoms with Crippen molar-refractivity contribution >= 4 is 22.5 Å². The number of non-ortho nitro benzene ring substituents is 1. The smallest absolute Gasteiger partial charge is 0.269 e. The molecule has 0 unspecified atom stereocenters. The van der Waals surface area contributed by atoms with Gasteiger partial charge in [0.15, 0.2) is 17.6 Å². The fraction of sp³-hybridized carbons (Fsp3) is 0.222. The van der Waals surface area contributed by atoms with Crippen LogP contribution >= 0.6 is 0 Å². The molecule has 6 heteroatoms. The molecule has 0 aliphatic carbocycles. The number of fused-ring (bicyclic) bond motifs is 1. The number of aromatic nitrogens is 2. The highest BCUT2D eigenvalue weighted by Crippen LogP contribution is 2.17. The number of nitro benzene ring substituents is 1. The normalized spacial score (nSPS) is 10.9. The summed E-state index contributed by atoms with van der Waals surface area (Å²) < 4.78 is 4.11. The lowest BCUT2D eigenvalue weighted by molar-refractivity contribution is -0.653. The van der Waals surface area contributed by atoms with Gasteiger partial charge in [-0.05, 0) is 24.3 Å². The molecule has 24 heavy (non-hydrogen) atoms. The average molecular weight is 324 g/mol. The molecule has 0 bridgehead atoms. The van der Waals surface area contributed by atoms with Gasteiger partial charge in [0.2, 0.25) is 5.78 Å². The number of benzene rings is 2. The first-order valence-corrected chi connectivity index (χ1v) is 7.76. The zero-order valence-corrected chi connectivity index (χ0v) is 13.6. The lowest BCUT2D eigenvalue weighted by Crippen LogP contribution is -2.33. The van der Waals surface area contributed by atoms with Crippen LogP contribution in [0.2, 0.25) is 0 Å². The molecular formula is C18H18N3O3+. The monoisotopic (exact) mass is 324 g/mol. The van der Waals surface area contributed by atoms with Gasteiger partial charge < -0.3 is 0 Å². The SMILES string of the molecule is CCc1n(CC(=O)c2ccc([N+](=O)[O-])cc2)c2ccccc2[n+]1C. The molecule has 1 aromatic heterocycles. The van der Waals surface area contributed by atoms with Crippen molar-refractivity contribution in [2.24, 2.45) is 7.05 Å². The zero-order valence-electron chi connectivity index (χ0n) is 13.6. The summed E-state index contributed by atoms with van der Waals surface area (Å²) in [5.74, 6) is 0.993. The van der Waals surface area contributed by atoms with Crippen molar-refractivity contribution in [2.45, 2.75) is 19.9 Å². The number of rotatable bonds is 5. The first-order chi connectivity index (χ1) is 11.5. The third kappa shape index (κ3) is 2.67. The van der Waals surface area contributed by atoms with Crippen molar-refractivity contribution in [3.8, 4) is 0 Å². The molecule has 6 nitrogen and oxygen atoms in total. The molecule has 0 radical (unpaired) electrons. The highest BCUT2D eigenvalue weighted by atomic mass is 16.6. The first kappa shape index (κ1) is 15.9. The second-order valence-electron chi connectivity index (χ2n) is 5.63. The number of Topliss-reactive ketones (excluding diaryl/α,β-unsaturated/α-hetero) is 1. The van der Waals surface area contributed by atoms with E-state index >= 15 is 0 Å². The van der Waals surface area contributed by atoms with Gasteiger partial charge in [-0.2, -0.15) is 0 Å². The van der Waals surface area contributed by atoms with Crippen LogP contribution in [0.1, 0.15) is 23.1 Å². The van der Waals surface area contributed by atoms with Gasteiger partial charge in [-0.15, -0.1) is 0 Å². The average Bonchev–Trinajstić information content (AvgIpc) is 2.87.